The van der Waals surface area contributed by atoms with Crippen LogP contribution in [0.5, 0.6) is 0 Å². The van der Waals surface area contributed by atoms with Crippen LogP contribution in [0.25, 0.3) is 0 Å². The van der Waals surface area contributed by atoms with Crippen LogP contribution < -0.4 is 5.32 Å². The van der Waals surface area contributed by atoms with Gasteiger partial charge in [0.2, 0.25) is 0 Å². The van der Waals surface area contributed by atoms with Crippen molar-refractivity contribution in [3.8, 4) is 0 Å². The molecule has 1 aromatic carbocycles. The molecule has 0 amide bonds. The van der Waals surface area contributed by atoms with Gasteiger partial charge in [-0.2, -0.15) is 0 Å². The lowest BCUT2D eigenvalue weighted by Gasteiger charge is -2.05. The highest BCUT2D eigenvalue weighted by Crippen LogP contribution is 2.15. The molecule has 0 atom stereocenters. The summed E-state index contributed by atoms with van der Waals surface area (Å²) in [5, 5.41) is 2.77. The molecule has 0 aliphatic rings. The van der Waals surface area contributed by atoms with Gasteiger partial charge in [-0.3, -0.25) is 4.79 Å². The minimum Gasteiger partial charge on any atom is -0.310 e. The third-order valence-corrected chi connectivity index (χ3v) is 2.11. The average molecular weight is 213 g/mol. The molecular weight excluding hydrogens is 200 g/mol. The van der Waals surface area contributed by atoms with E-state index in [2.05, 4.69) is 5.32 Å². The maximum atomic E-state index is 13.3. The zero-order valence-corrected chi connectivity index (χ0v) is 8.73. The van der Waals surface area contributed by atoms with Crippen molar-refractivity contribution < 1.29 is 13.6 Å². The quantitative estimate of drug-likeness (QED) is 0.776. The molecule has 1 rings (SSSR count). The second-order valence-electron chi connectivity index (χ2n) is 3.26. The van der Waals surface area contributed by atoms with Crippen LogP contribution in [0, 0.1) is 18.6 Å². The van der Waals surface area contributed by atoms with E-state index >= 15 is 0 Å². The Hall–Kier alpha value is -1.29. The summed E-state index contributed by atoms with van der Waals surface area (Å²) < 4.78 is 26.4. The zero-order chi connectivity index (χ0) is 11.4. The fraction of sp³-hybridized carbons (Fsp3) is 0.364. The number of nitrogens with one attached hydrogen (secondary N) is 1. The van der Waals surface area contributed by atoms with Crippen molar-refractivity contribution in [2.24, 2.45) is 0 Å². The molecule has 4 heteroatoms. The molecule has 82 valence electrons. The van der Waals surface area contributed by atoms with E-state index in [1.54, 1.807) is 0 Å². The molecule has 0 unspecified atom stereocenters. The Balaban J connectivity index is 2.95. The predicted molar refractivity (Wildman–Crippen MR) is 54.0 cm³/mol. The van der Waals surface area contributed by atoms with Gasteiger partial charge in [0.05, 0.1) is 12.1 Å². The van der Waals surface area contributed by atoms with Crippen molar-refractivity contribution in [3.63, 3.8) is 0 Å². The highest BCUT2D eigenvalue weighted by Gasteiger charge is 2.16. The fourth-order valence-corrected chi connectivity index (χ4v) is 1.20. The highest BCUT2D eigenvalue weighted by molar-refractivity contribution is 5.97. The number of hydrogen-bond acceptors (Lipinski definition) is 2. The second-order valence-corrected chi connectivity index (χ2v) is 3.26. The molecule has 0 aliphatic heterocycles. The van der Waals surface area contributed by atoms with E-state index in [1.807, 2.05) is 6.92 Å². The van der Waals surface area contributed by atoms with Crippen LogP contribution in [0.1, 0.15) is 22.8 Å². The summed E-state index contributed by atoms with van der Waals surface area (Å²) in [5.41, 5.74) is 0.00607. The number of Topliss-reactive ketones (excluding diaryl/α,β-unsaturated/α-hetero) is 1. The smallest absolute Gasteiger partial charge is 0.179 e. The minimum atomic E-state index is -1.06. The molecule has 0 heterocycles. The number of benzene rings is 1. The van der Waals surface area contributed by atoms with Crippen molar-refractivity contribution in [1.29, 1.82) is 0 Å². The predicted octanol–water partition coefficient (Wildman–Crippen LogP) is 2.07. The lowest BCUT2D eigenvalue weighted by Crippen LogP contribution is -2.23. The van der Waals surface area contributed by atoms with Crippen molar-refractivity contribution in [3.05, 3.63) is 34.9 Å². The molecular formula is C11H13F2NO. The molecule has 2 nitrogen and oxygen atoms in total. The fourth-order valence-electron chi connectivity index (χ4n) is 1.20. The van der Waals surface area contributed by atoms with Crippen LogP contribution in [-0.2, 0) is 0 Å². The van der Waals surface area contributed by atoms with Crippen LogP contribution in [0.4, 0.5) is 8.78 Å². The third kappa shape index (κ3) is 2.59. The Kier molecular flexibility index (Phi) is 3.91. The molecule has 0 spiro atoms. The van der Waals surface area contributed by atoms with Gasteiger partial charge in [-0.25, -0.2) is 8.78 Å². The van der Waals surface area contributed by atoms with E-state index in [0.717, 1.165) is 0 Å². The first-order chi connectivity index (χ1) is 7.07. The van der Waals surface area contributed by atoms with Crippen LogP contribution >= 0.6 is 0 Å². The molecule has 0 radical (unpaired) electrons. The Morgan fingerprint density at radius 1 is 1.33 bits per heavy atom. The first-order valence-corrected chi connectivity index (χ1v) is 4.76. The van der Waals surface area contributed by atoms with E-state index in [1.165, 1.54) is 19.1 Å². The van der Waals surface area contributed by atoms with Gasteiger partial charge in [0, 0.05) is 0 Å². The average Bonchev–Trinajstić information content (AvgIpc) is 2.23. The van der Waals surface area contributed by atoms with Crippen LogP contribution in [0.15, 0.2) is 12.1 Å². The maximum Gasteiger partial charge on any atom is 0.179 e. The largest absolute Gasteiger partial charge is 0.310 e. The van der Waals surface area contributed by atoms with E-state index < -0.39 is 17.4 Å². The lowest BCUT2D eigenvalue weighted by atomic mass is 10.1. The Labute approximate surface area is 87.3 Å². The minimum absolute atomic E-state index is 0.0237. The number of rotatable bonds is 4. The monoisotopic (exact) mass is 213 g/mol. The van der Waals surface area contributed by atoms with Crippen LogP contribution in [0.3, 0.4) is 0 Å². The number of carbonyl (C=O) groups excluding carboxylic acids is 1. The van der Waals surface area contributed by atoms with E-state index in [-0.39, 0.29) is 17.7 Å². The van der Waals surface area contributed by atoms with Gasteiger partial charge in [0.15, 0.2) is 17.4 Å². The lowest BCUT2D eigenvalue weighted by molar-refractivity contribution is 0.0987. The standard InChI is InChI=1S/C11H13F2NO/c1-3-14-6-9(15)8-5-4-7(2)10(12)11(8)13/h4-5,14H,3,6H2,1-2H3. The SMILES string of the molecule is CCNCC(=O)c1ccc(C)c(F)c1F. The molecule has 0 bridgehead atoms. The normalized spacial score (nSPS) is 10.4. The number of ketones is 1. The molecule has 0 saturated heterocycles. The number of hydrogen-bond donors (Lipinski definition) is 1. The van der Waals surface area contributed by atoms with Crippen molar-refractivity contribution >= 4 is 5.78 Å². The summed E-state index contributed by atoms with van der Waals surface area (Å²) in [6, 6.07) is 2.71. The first-order valence-electron chi connectivity index (χ1n) is 4.76. The van der Waals surface area contributed by atoms with Gasteiger partial charge >= 0.3 is 0 Å². The third-order valence-electron chi connectivity index (χ3n) is 2.11. The Bertz CT molecular complexity index is 377. The number of aryl methyl sites for hydroxylation is 1. The molecule has 0 fully saturated rings. The van der Waals surface area contributed by atoms with E-state index in [0.29, 0.717) is 6.54 Å². The topological polar surface area (TPSA) is 29.1 Å². The van der Waals surface area contributed by atoms with Gasteiger partial charge in [-0.15, -0.1) is 0 Å². The molecule has 0 aromatic heterocycles. The van der Waals surface area contributed by atoms with Gasteiger partial charge in [-0.1, -0.05) is 13.0 Å². The summed E-state index contributed by atoms with van der Waals surface area (Å²) in [6.07, 6.45) is 0. The second kappa shape index (κ2) is 4.98. The van der Waals surface area contributed by atoms with Gasteiger partial charge in [0.25, 0.3) is 0 Å². The Morgan fingerprint density at radius 3 is 2.60 bits per heavy atom. The van der Waals surface area contributed by atoms with Crippen molar-refractivity contribution in [2.45, 2.75) is 13.8 Å². The zero-order valence-electron chi connectivity index (χ0n) is 8.73. The summed E-state index contributed by atoms with van der Waals surface area (Å²) in [5.74, 6) is -2.44. The first kappa shape index (κ1) is 11.8. The van der Waals surface area contributed by atoms with E-state index in [4.69, 9.17) is 0 Å². The maximum absolute atomic E-state index is 13.3. The van der Waals surface area contributed by atoms with Gasteiger partial charge < -0.3 is 5.32 Å². The van der Waals surface area contributed by atoms with Crippen molar-refractivity contribution in [1.82, 2.24) is 5.32 Å². The molecule has 1 aromatic rings. The molecule has 0 aliphatic carbocycles. The number of likely N-dealkylation sites (N-methyl/N-ethyl adjacent to an activating group) is 1. The van der Waals surface area contributed by atoms with Gasteiger partial charge in [0.1, 0.15) is 0 Å². The Morgan fingerprint density at radius 2 is 2.00 bits per heavy atom. The number of halogens is 2. The van der Waals surface area contributed by atoms with Crippen LogP contribution in [0.2, 0.25) is 0 Å². The van der Waals surface area contributed by atoms with E-state index in [9.17, 15) is 13.6 Å². The molecule has 1 N–H and O–H groups in total. The summed E-state index contributed by atoms with van der Waals surface area (Å²) >= 11 is 0. The summed E-state index contributed by atoms with van der Waals surface area (Å²) in [7, 11) is 0. The molecule has 15 heavy (non-hydrogen) atoms. The van der Waals surface area contributed by atoms with Gasteiger partial charge in [-0.05, 0) is 25.1 Å². The summed E-state index contributed by atoms with van der Waals surface area (Å²) in [6.45, 7) is 3.92. The highest BCUT2D eigenvalue weighted by atomic mass is 19.2. The van der Waals surface area contributed by atoms with Crippen molar-refractivity contribution in [2.75, 3.05) is 13.1 Å². The molecule has 0 saturated carbocycles. The number of carbonyl (C=O) groups is 1. The summed E-state index contributed by atoms with van der Waals surface area (Å²) in [4.78, 5) is 11.4. The van der Waals surface area contributed by atoms with Crippen LogP contribution in [-0.4, -0.2) is 18.9 Å².